The van der Waals surface area contributed by atoms with E-state index in [9.17, 15) is 0 Å². The lowest BCUT2D eigenvalue weighted by Crippen LogP contribution is -2.30. The van der Waals surface area contributed by atoms with E-state index in [4.69, 9.17) is 18.9 Å². The third-order valence-electron chi connectivity index (χ3n) is 4.01. The molecule has 0 bridgehead atoms. The summed E-state index contributed by atoms with van der Waals surface area (Å²) in [6.07, 6.45) is 1.72. The van der Waals surface area contributed by atoms with Crippen LogP contribution in [0.4, 0.5) is 5.69 Å². The fourth-order valence-electron chi connectivity index (χ4n) is 2.69. The minimum absolute atomic E-state index is 0. The molecule has 0 saturated heterocycles. The van der Waals surface area contributed by atoms with Crippen LogP contribution in [0.5, 0.6) is 23.0 Å². The van der Waals surface area contributed by atoms with Crippen molar-refractivity contribution in [3.63, 3.8) is 0 Å². The second-order valence-electron chi connectivity index (χ2n) is 5.94. The predicted octanol–water partition coefficient (Wildman–Crippen LogP) is 4.47. The Kier molecular flexibility index (Phi) is 11.5. The van der Waals surface area contributed by atoms with E-state index in [2.05, 4.69) is 22.2 Å². The standard InChI is InChI=1S/C22H29N3O4.HI/c1-6-12-29-18-11-9-8-10-16(18)15-24-22(23-7-2)25-17-13-19(26-3)21(28-5)20(14-17)27-4;/h6,8-11,13-14H,1,7,12,15H2,2-5H3,(H2,23,24,25);1H. The van der Waals surface area contributed by atoms with Crippen LogP contribution in [-0.2, 0) is 6.54 Å². The molecule has 0 saturated carbocycles. The smallest absolute Gasteiger partial charge is 0.203 e. The number of nitrogens with one attached hydrogen (secondary N) is 2. The zero-order valence-electron chi connectivity index (χ0n) is 17.9. The van der Waals surface area contributed by atoms with Crippen LogP contribution in [0.25, 0.3) is 0 Å². The van der Waals surface area contributed by atoms with Gasteiger partial charge in [-0.25, -0.2) is 4.99 Å². The number of para-hydroxylation sites is 1. The number of hydrogen-bond donors (Lipinski definition) is 2. The molecule has 0 atom stereocenters. The molecule has 8 heteroatoms. The molecule has 0 spiro atoms. The minimum atomic E-state index is 0. The third kappa shape index (κ3) is 7.01. The van der Waals surface area contributed by atoms with Crippen LogP contribution in [0, 0.1) is 0 Å². The highest BCUT2D eigenvalue weighted by atomic mass is 127. The molecule has 2 rings (SSSR count). The summed E-state index contributed by atoms with van der Waals surface area (Å²) in [6.45, 7) is 7.31. The largest absolute Gasteiger partial charge is 0.493 e. The van der Waals surface area contributed by atoms with Crippen molar-refractivity contribution < 1.29 is 18.9 Å². The summed E-state index contributed by atoms with van der Waals surface area (Å²) in [6, 6.07) is 11.5. The van der Waals surface area contributed by atoms with E-state index < -0.39 is 0 Å². The predicted molar refractivity (Wildman–Crippen MR) is 132 cm³/mol. The minimum Gasteiger partial charge on any atom is -0.493 e. The van der Waals surface area contributed by atoms with E-state index in [0.717, 1.165) is 17.0 Å². The SMILES string of the molecule is C=CCOc1ccccc1CN=C(NCC)Nc1cc(OC)c(OC)c(OC)c1.I. The number of ether oxygens (including phenoxy) is 4. The Bertz CT molecular complexity index is 818. The van der Waals surface area contributed by atoms with E-state index in [1.54, 1.807) is 27.4 Å². The Balaban J connectivity index is 0.00000450. The summed E-state index contributed by atoms with van der Waals surface area (Å²) in [5.74, 6) is 3.08. The molecule has 0 aliphatic rings. The maximum Gasteiger partial charge on any atom is 0.203 e. The monoisotopic (exact) mass is 527 g/mol. The Labute approximate surface area is 195 Å². The summed E-state index contributed by atoms with van der Waals surface area (Å²) >= 11 is 0. The van der Waals surface area contributed by atoms with Gasteiger partial charge in [-0.3, -0.25) is 0 Å². The molecule has 0 amide bonds. The first-order valence-corrected chi connectivity index (χ1v) is 9.33. The molecule has 2 N–H and O–H groups in total. The van der Waals surface area contributed by atoms with Crippen molar-refractivity contribution in [1.29, 1.82) is 0 Å². The van der Waals surface area contributed by atoms with Crippen LogP contribution >= 0.6 is 24.0 Å². The second-order valence-corrected chi connectivity index (χ2v) is 5.94. The van der Waals surface area contributed by atoms with Crippen LogP contribution in [0.2, 0.25) is 0 Å². The van der Waals surface area contributed by atoms with Crippen molar-refractivity contribution in [3.8, 4) is 23.0 Å². The van der Waals surface area contributed by atoms with E-state index in [0.29, 0.717) is 42.9 Å². The van der Waals surface area contributed by atoms with Gasteiger partial charge in [-0.2, -0.15) is 0 Å². The summed E-state index contributed by atoms with van der Waals surface area (Å²) in [4.78, 5) is 4.68. The Hall–Kier alpha value is -2.62. The normalized spacial score (nSPS) is 10.5. The maximum atomic E-state index is 5.71. The molecule has 0 radical (unpaired) electrons. The van der Waals surface area contributed by atoms with Crippen molar-refractivity contribution >= 4 is 35.6 Å². The number of halogens is 1. The van der Waals surface area contributed by atoms with E-state index >= 15 is 0 Å². The maximum absolute atomic E-state index is 5.71. The average molecular weight is 527 g/mol. The molecule has 164 valence electrons. The van der Waals surface area contributed by atoms with Crippen molar-refractivity contribution in [2.75, 3.05) is 39.8 Å². The number of hydrogen-bond acceptors (Lipinski definition) is 5. The highest BCUT2D eigenvalue weighted by Crippen LogP contribution is 2.39. The van der Waals surface area contributed by atoms with Crippen molar-refractivity contribution in [1.82, 2.24) is 5.32 Å². The van der Waals surface area contributed by atoms with Crippen LogP contribution in [0.15, 0.2) is 54.0 Å². The van der Waals surface area contributed by atoms with Gasteiger partial charge in [0.25, 0.3) is 0 Å². The molecule has 7 nitrogen and oxygen atoms in total. The van der Waals surface area contributed by atoms with Crippen molar-refractivity contribution in [2.45, 2.75) is 13.5 Å². The van der Waals surface area contributed by atoms with Gasteiger partial charge in [-0.1, -0.05) is 30.9 Å². The molecule has 0 aliphatic carbocycles. The van der Waals surface area contributed by atoms with Gasteiger partial charge < -0.3 is 29.6 Å². The zero-order chi connectivity index (χ0) is 21.1. The van der Waals surface area contributed by atoms with Gasteiger partial charge in [-0.15, -0.1) is 24.0 Å². The van der Waals surface area contributed by atoms with Crippen molar-refractivity contribution in [3.05, 3.63) is 54.6 Å². The summed E-state index contributed by atoms with van der Waals surface area (Å²) < 4.78 is 21.9. The van der Waals surface area contributed by atoms with Crippen molar-refractivity contribution in [2.24, 2.45) is 4.99 Å². The fourth-order valence-corrected chi connectivity index (χ4v) is 2.69. The van der Waals surface area contributed by atoms with Gasteiger partial charge in [0.1, 0.15) is 12.4 Å². The van der Waals surface area contributed by atoms with Gasteiger partial charge >= 0.3 is 0 Å². The molecular weight excluding hydrogens is 497 g/mol. The zero-order valence-corrected chi connectivity index (χ0v) is 20.2. The molecule has 0 unspecified atom stereocenters. The first-order chi connectivity index (χ1) is 14.2. The fraction of sp³-hybridized carbons (Fsp3) is 0.318. The number of benzene rings is 2. The lowest BCUT2D eigenvalue weighted by Gasteiger charge is -2.16. The third-order valence-corrected chi connectivity index (χ3v) is 4.01. The van der Waals surface area contributed by atoms with Gasteiger partial charge in [-0.05, 0) is 13.0 Å². The first kappa shape index (κ1) is 25.4. The number of aliphatic imine (C=N–C) groups is 1. The molecular formula is C22H30IN3O4. The summed E-state index contributed by atoms with van der Waals surface area (Å²) in [5.41, 5.74) is 1.74. The van der Waals surface area contributed by atoms with Crippen LogP contribution in [0.3, 0.4) is 0 Å². The van der Waals surface area contributed by atoms with Gasteiger partial charge in [0, 0.05) is 29.9 Å². The molecule has 0 fully saturated rings. The number of nitrogens with zero attached hydrogens (tertiary/aromatic N) is 1. The summed E-state index contributed by atoms with van der Waals surface area (Å²) in [5, 5.41) is 6.52. The Morgan fingerprint density at radius 2 is 1.70 bits per heavy atom. The molecule has 0 aliphatic heterocycles. The van der Waals surface area contributed by atoms with E-state index in [1.165, 1.54) is 0 Å². The topological polar surface area (TPSA) is 73.3 Å². The lowest BCUT2D eigenvalue weighted by atomic mass is 10.2. The first-order valence-electron chi connectivity index (χ1n) is 9.33. The molecule has 0 aromatic heterocycles. The average Bonchev–Trinajstić information content (AvgIpc) is 2.75. The Morgan fingerprint density at radius 1 is 1.03 bits per heavy atom. The molecule has 0 heterocycles. The molecule has 2 aromatic rings. The van der Waals surface area contributed by atoms with Crippen LogP contribution in [0.1, 0.15) is 12.5 Å². The Morgan fingerprint density at radius 3 is 2.27 bits per heavy atom. The van der Waals surface area contributed by atoms with Gasteiger partial charge in [0.15, 0.2) is 17.5 Å². The number of methoxy groups -OCH3 is 3. The second kappa shape index (κ2) is 13.6. The summed E-state index contributed by atoms with van der Waals surface area (Å²) in [7, 11) is 4.74. The number of anilines is 1. The lowest BCUT2D eigenvalue weighted by molar-refractivity contribution is 0.324. The number of rotatable bonds is 10. The van der Waals surface area contributed by atoms with Gasteiger partial charge in [0.05, 0.1) is 27.9 Å². The van der Waals surface area contributed by atoms with Crippen LogP contribution in [-0.4, -0.2) is 40.4 Å². The van der Waals surface area contributed by atoms with E-state index in [1.807, 2.05) is 43.3 Å². The molecule has 30 heavy (non-hydrogen) atoms. The highest BCUT2D eigenvalue weighted by Gasteiger charge is 2.14. The number of guanidine groups is 1. The molecule has 2 aromatic carbocycles. The van der Waals surface area contributed by atoms with E-state index in [-0.39, 0.29) is 24.0 Å². The quantitative estimate of drug-likeness (QED) is 0.206. The van der Waals surface area contributed by atoms with Crippen LogP contribution < -0.4 is 29.6 Å². The highest BCUT2D eigenvalue weighted by molar-refractivity contribution is 14.0. The van der Waals surface area contributed by atoms with Gasteiger partial charge in [0.2, 0.25) is 5.75 Å².